The summed E-state index contributed by atoms with van der Waals surface area (Å²) in [5.74, 6) is 0. The zero-order valence-corrected chi connectivity index (χ0v) is 8.37. The normalized spacial score (nSPS) is 18.7. The quantitative estimate of drug-likeness (QED) is 0.616. The second-order valence-corrected chi connectivity index (χ2v) is 3.86. The number of amides is 2. The average molecular weight is 170 g/mol. The number of carbonyl (C=O) groups is 1. The van der Waals surface area contributed by atoms with E-state index in [1.165, 1.54) is 0 Å². The Morgan fingerprint density at radius 2 is 1.33 bits per heavy atom. The molecule has 1 aliphatic heterocycles. The third-order valence-electron chi connectivity index (χ3n) is 2.32. The molecule has 1 aliphatic rings. The molecule has 0 radical (unpaired) electrons. The van der Waals surface area contributed by atoms with Crippen LogP contribution in [-0.2, 0) is 0 Å². The first-order chi connectivity index (χ1) is 5.54. The highest BCUT2D eigenvalue weighted by molar-refractivity contribution is 5.77. The lowest BCUT2D eigenvalue weighted by Gasteiger charge is -2.23. The van der Waals surface area contributed by atoms with Gasteiger partial charge >= 0.3 is 6.03 Å². The van der Waals surface area contributed by atoms with E-state index < -0.39 is 0 Å². The summed E-state index contributed by atoms with van der Waals surface area (Å²) in [4.78, 5) is 15.5. The van der Waals surface area contributed by atoms with Gasteiger partial charge in [0.25, 0.3) is 0 Å². The van der Waals surface area contributed by atoms with Crippen LogP contribution in [0.15, 0.2) is 0 Å². The van der Waals surface area contributed by atoms with Crippen LogP contribution in [0, 0.1) is 0 Å². The molecule has 0 N–H and O–H groups in total. The molecule has 0 aromatic heterocycles. The maximum atomic E-state index is 11.6. The largest absolute Gasteiger partial charge is 0.320 e. The van der Waals surface area contributed by atoms with E-state index in [1.807, 2.05) is 9.80 Å². The van der Waals surface area contributed by atoms with Crippen LogP contribution >= 0.6 is 0 Å². The van der Waals surface area contributed by atoms with E-state index in [0.29, 0.717) is 12.1 Å². The second-order valence-electron chi connectivity index (χ2n) is 3.86. The van der Waals surface area contributed by atoms with Crippen molar-refractivity contribution in [1.82, 2.24) is 9.80 Å². The fraction of sp³-hybridized carbons (Fsp3) is 0.889. The molecular weight excluding hydrogens is 152 g/mol. The monoisotopic (exact) mass is 170 g/mol. The van der Waals surface area contributed by atoms with Gasteiger partial charge in [0.15, 0.2) is 0 Å². The van der Waals surface area contributed by atoms with E-state index >= 15 is 0 Å². The Morgan fingerprint density at radius 3 is 1.50 bits per heavy atom. The van der Waals surface area contributed by atoms with E-state index in [1.54, 1.807) is 0 Å². The Labute approximate surface area is 74.3 Å². The van der Waals surface area contributed by atoms with E-state index in [4.69, 9.17) is 0 Å². The van der Waals surface area contributed by atoms with E-state index in [-0.39, 0.29) is 6.03 Å². The van der Waals surface area contributed by atoms with Crippen molar-refractivity contribution in [3.63, 3.8) is 0 Å². The molecule has 2 amide bonds. The molecule has 70 valence electrons. The van der Waals surface area contributed by atoms with Crippen molar-refractivity contribution >= 4 is 6.03 Å². The van der Waals surface area contributed by atoms with Gasteiger partial charge in [-0.25, -0.2) is 4.79 Å². The molecule has 0 bridgehead atoms. The summed E-state index contributed by atoms with van der Waals surface area (Å²) < 4.78 is 0. The summed E-state index contributed by atoms with van der Waals surface area (Å²) in [6, 6.07) is 0.863. The Kier molecular flexibility index (Phi) is 2.60. The summed E-state index contributed by atoms with van der Waals surface area (Å²) in [7, 11) is 0. The molecule has 0 aromatic rings. The van der Waals surface area contributed by atoms with Crippen molar-refractivity contribution in [2.24, 2.45) is 0 Å². The smallest absolute Gasteiger partial charge is 0.320 e. The number of hydrogen-bond acceptors (Lipinski definition) is 1. The Morgan fingerprint density at radius 1 is 1.00 bits per heavy atom. The van der Waals surface area contributed by atoms with Gasteiger partial charge < -0.3 is 9.80 Å². The predicted octanol–water partition coefficient (Wildman–Crippen LogP) is 1.54. The van der Waals surface area contributed by atoms with Crippen LogP contribution in [0.4, 0.5) is 4.79 Å². The molecular formula is C9H18N2O. The summed E-state index contributed by atoms with van der Waals surface area (Å²) in [6.07, 6.45) is 0. The summed E-state index contributed by atoms with van der Waals surface area (Å²) in [5.41, 5.74) is 0. The van der Waals surface area contributed by atoms with Gasteiger partial charge in [0, 0.05) is 25.2 Å². The predicted molar refractivity (Wildman–Crippen MR) is 49.1 cm³/mol. The molecule has 12 heavy (non-hydrogen) atoms. The number of rotatable bonds is 2. The summed E-state index contributed by atoms with van der Waals surface area (Å²) >= 11 is 0. The van der Waals surface area contributed by atoms with E-state index in [2.05, 4.69) is 27.7 Å². The highest BCUT2D eigenvalue weighted by Gasteiger charge is 2.31. The van der Waals surface area contributed by atoms with Crippen LogP contribution < -0.4 is 0 Å². The first-order valence-corrected chi connectivity index (χ1v) is 4.61. The number of hydrogen-bond donors (Lipinski definition) is 0. The molecule has 3 nitrogen and oxygen atoms in total. The molecule has 0 aliphatic carbocycles. The number of nitrogens with zero attached hydrogens (tertiary/aromatic N) is 2. The van der Waals surface area contributed by atoms with Gasteiger partial charge in [0.1, 0.15) is 0 Å². The molecule has 0 spiro atoms. The number of urea groups is 1. The molecule has 3 heteroatoms. The highest BCUT2D eigenvalue weighted by atomic mass is 16.2. The molecule has 0 unspecified atom stereocenters. The van der Waals surface area contributed by atoms with E-state index in [0.717, 1.165) is 13.1 Å². The summed E-state index contributed by atoms with van der Waals surface area (Å²) in [6.45, 7) is 10.00. The SMILES string of the molecule is CC(C)N1CCN(C(C)C)C1=O. The van der Waals surface area contributed by atoms with Crippen molar-refractivity contribution < 1.29 is 4.79 Å². The molecule has 1 fully saturated rings. The number of carbonyl (C=O) groups excluding carboxylic acids is 1. The maximum Gasteiger partial charge on any atom is 0.320 e. The van der Waals surface area contributed by atoms with Crippen LogP contribution in [0.1, 0.15) is 27.7 Å². The maximum absolute atomic E-state index is 11.6. The zero-order valence-electron chi connectivity index (χ0n) is 8.37. The van der Waals surface area contributed by atoms with Crippen LogP contribution in [0.2, 0.25) is 0 Å². The fourth-order valence-electron chi connectivity index (χ4n) is 1.53. The van der Waals surface area contributed by atoms with Gasteiger partial charge in [-0.2, -0.15) is 0 Å². The Hall–Kier alpha value is -0.730. The first kappa shape index (κ1) is 9.36. The summed E-state index contributed by atoms with van der Waals surface area (Å²) in [5, 5.41) is 0. The van der Waals surface area contributed by atoms with Gasteiger partial charge in [-0.3, -0.25) is 0 Å². The van der Waals surface area contributed by atoms with Crippen molar-refractivity contribution in [2.45, 2.75) is 39.8 Å². The van der Waals surface area contributed by atoms with Gasteiger partial charge in [-0.1, -0.05) is 0 Å². The molecule has 0 saturated carbocycles. The van der Waals surface area contributed by atoms with Gasteiger partial charge in [-0.05, 0) is 27.7 Å². The second kappa shape index (κ2) is 3.33. The highest BCUT2D eigenvalue weighted by Crippen LogP contribution is 2.14. The van der Waals surface area contributed by atoms with Gasteiger partial charge in [-0.15, -0.1) is 0 Å². The molecule has 0 atom stereocenters. The fourth-order valence-corrected chi connectivity index (χ4v) is 1.53. The minimum atomic E-state index is 0.194. The molecule has 0 aromatic carbocycles. The lowest BCUT2D eigenvalue weighted by molar-refractivity contribution is 0.175. The Bertz CT molecular complexity index is 159. The minimum absolute atomic E-state index is 0.194. The minimum Gasteiger partial charge on any atom is -0.320 e. The van der Waals surface area contributed by atoms with Crippen LogP contribution in [0.5, 0.6) is 0 Å². The molecule has 1 heterocycles. The van der Waals surface area contributed by atoms with Crippen molar-refractivity contribution in [2.75, 3.05) is 13.1 Å². The van der Waals surface area contributed by atoms with Gasteiger partial charge in [0.05, 0.1) is 0 Å². The molecule has 1 rings (SSSR count). The van der Waals surface area contributed by atoms with Crippen LogP contribution in [-0.4, -0.2) is 41.0 Å². The van der Waals surface area contributed by atoms with Crippen molar-refractivity contribution in [1.29, 1.82) is 0 Å². The van der Waals surface area contributed by atoms with Gasteiger partial charge in [0.2, 0.25) is 0 Å². The third-order valence-corrected chi connectivity index (χ3v) is 2.32. The lowest BCUT2D eigenvalue weighted by Crippen LogP contribution is -2.39. The Balaban J connectivity index is 2.61. The van der Waals surface area contributed by atoms with E-state index in [9.17, 15) is 4.79 Å². The lowest BCUT2D eigenvalue weighted by atomic mass is 10.3. The topological polar surface area (TPSA) is 23.6 Å². The third kappa shape index (κ3) is 1.54. The first-order valence-electron chi connectivity index (χ1n) is 4.61. The van der Waals surface area contributed by atoms with Crippen molar-refractivity contribution in [3.05, 3.63) is 0 Å². The zero-order chi connectivity index (χ0) is 9.30. The van der Waals surface area contributed by atoms with Crippen molar-refractivity contribution in [3.8, 4) is 0 Å². The van der Waals surface area contributed by atoms with Crippen LogP contribution in [0.25, 0.3) is 0 Å². The standard InChI is InChI=1S/C9H18N2O/c1-7(2)10-5-6-11(8(3)4)9(10)12/h7-8H,5-6H2,1-4H3. The van der Waals surface area contributed by atoms with Crippen LogP contribution in [0.3, 0.4) is 0 Å². The molecule has 1 saturated heterocycles. The average Bonchev–Trinajstić information content (AvgIpc) is 2.30.